The summed E-state index contributed by atoms with van der Waals surface area (Å²) in [5.74, 6) is 0.0156. The molecule has 3 aromatic carbocycles. The van der Waals surface area contributed by atoms with Crippen LogP contribution in [0, 0.1) is 0 Å². The van der Waals surface area contributed by atoms with Crippen LogP contribution in [0.1, 0.15) is 37.3 Å². The van der Waals surface area contributed by atoms with Crippen molar-refractivity contribution in [1.29, 1.82) is 0 Å². The van der Waals surface area contributed by atoms with Crippen molar-refractivity contribution in [2.45, 2.75) is 45.2 Å². The fourth-order valence-corrected chi connectivity index (χ4v) is 5.65. The third-order valence-corrected chi connectivity index (χ3v) is 8.18. The molecule has 41 heavy (non-hydrogen) atoms. The van der Waals surface area contributed by atoms with E-state index in [1.54, 1.807) is 35.2 Å². The minimum Gasteiger partial charge on any atom is -0.497 e. The highest BCUT2D eigenvalue weighted by atomic mass is 35.5. The minimum atomic E-state index is -3.62. The maximum absolute atomic E-state index is 13.9. The first-order valence-electron chi connectivity index (χ1n) is 13.6. The summed E-state index contributed by atoms with van der Waals surface area (Å²) in [6.07, 6.45) is 2.50. The number of amides is 2. The first-order chi connectivity index (χ1) is 19.6. The zero-order valence-electron chi connectivity index (χ0n) is 23.8. The third kappa shape index (κ3) is 9.50. The molecule has 0 aliphatic rings. The van der Waals surface area contributed by atoms with Gasteiger partial charge < -0.3 is 15.0 Å². The van der Waals surface area contributed by atoms with E-state index in [0.29, 0.717) is 29.4 Å². The van der Waals surface area contributed by atoms with Gasteiger partial charge in [-0.15, -0.1) is 0 Å². The normalized spacial score (nSPS) is 11.9. The predicted octanol–water partition coefficient (Wildman–Crippen LogP) is 5.06. The third-order valence-electron chi connectivity index (χ3n) is 6.61. The fourth-order valence-electron chi connectivity index (χ4n) is 4.50. The van der Waals surface area contributed by atoms with Crippen LogP contribution in [0.5, 0.6) is 5.75 Å². The predicted molar refractivity (Wildman–Crippen MR) is 164 cm³/mol. The molecule has 0 heterocycles. The van der Waals surface area contributed by atoms with Crippen molar-refractivity contribution in [3.05, 3.63) is 95.0 Å². The molecule has 0 unspecified atom stereocenters. The SMILES string of the molecule is CCCNC(=O)[C@H](Cc1ccccc1)N(Cc1ccccc1Cl)C(=O)CCCN(c1cccc(OC)c1)S(C)(=O)=O. The lowest BCUT2D eigenvalue weighted by atomic mass is 10.0. The Morgan fingerprint density at radius 2 is 1.71 bits per heavy atom. The molecule has 0 aliphatic carbocycles. The molecule has 1 atom stereocenters. The molecule has 0 aliphatic heterocycles. The number of anilines is 1. The van der Waals surface area contributed by atoms with Crippen LogP contribution in [0.15, 0.2) is 78.9 Å². The van der Waals surface area contributed by atoms with Gasteiger partial charge in [-0.3, -0.25) is 13.9 Å². The lowest BCUT2D eigenvalue weighted by Gasteiger charge is -2.32. The maximum Gasteiger partial charge on any atom is 0.243 e. The Morgan fingerprint density at radius 3 is 2.37 bits per heavy atom. The van der Waals surface area contributed by atoms with Gasteiger partial charge in [-0.1, -0.05) is 73.1 Å². The lowest BCUT2D eigenvalue weighted by molar-refractivity contribution is -0.141. The first kappa shape index (κ1) is 32.0. The average molecular weight is 600 g/mol. The number of hydrogen-bond donors (Lipinski definition) is 1. The van der Waals surface area contributed by atoms with Crippen molar-refractivity contribution in [2.75, 3.05) is 30.8 Å². The molecule has 0 fully saturated rings. The van der Waals surface area contributed by atoms with Crippen molar-refractivity contribution in [2.24, 2.45) is 0 Å². The zero-order chi connectivity index (χ0) is 29.8. The summed E-state index contributed by atoms with van der Waals surface area (Å²) in [6.45, 7) is 2.68. The molecular weight excluding hydrogens is 562 g/mol. The summed E-state index contributed by atoms with van der Waals surface area (Å²) in [7, 11) is -2.11. The minimum absolute atomic E-state index is 0.0345. The summed E-state index contributed by atoms with van der Waals surface area (Å²) in [6, 6.07) is 22.8. The number of nitrogens with one attached hydrogen (secondary N) is 1. The quantitative estimate of drug-likeness (QED) is 0.263. The summed E-state index contributed by atoms with van der Waals surface area (Å²) in [5, 5.41) is 3.45. The largest absolute Gasteiger partial charge is 0.497 e. The highest BCUT2D eigenvalue weighted by molar-refractivity contribution is 7.92. The zero-order valence-corrected chi connectivity index (χ0v) is 25.3. The lowest BCUT2D eigenvalue weighted by Crippen LogP contribution is -2.50. The van der Waals surface area contributed by atoms with Gasteiger partial charge in [-0.05, 0) is 42.2 Å². The molecule has 2 amide bonds. The van der Waals surface area contributed by atoms with Gasteiger partial charge in [0, 0.05) is 43.6 Å². The van der Waals surface area contributed by atoms with Crippen LogP contribution in [0.2, 0.25) is 5.02 Å². The maximum atomic E-state index is 13.9. The van der Waals surface area contributed by atoms with Gasteiger partial charge in [0.05, 0.1) is 19.1 Å². The molecule has 0 aromatic heterocycles. The van der Waals surface area contributed by atoms with Crippen molar-refractivity contribution >= 4 is 39.1 Å². The Labute approximate surface area is 248 Å². The van der Waals surface area contributed by atoms with Crippen LogP contribution in [-0.2, 0) is 32.6 Å². The molecule has 0 bridgehead atoms. The van der Waals surface area contributed by atoms with E-state index in [1.165, 1.54) is 11.4 Å². The van der Waals surface area contributed by atoms with Gasteiger partial charge in [0.1, 0.15) is 11.8 Å². The number of benzene rings is 3. The van der Waals surface area contributed by atoms with E-state index in [0.717, 1.165) is 23.8 Å². The number of halogens is 1. The summed E-state index contributed by atoms with van der Waals surface area (Å²) in [5.41, 5.74) is 2.09. The highest BCUT2D eigenvalue weighted by Gasteiger charge is 2.30. The van der Waals surface area contributed by atoms with Crippen molar-refractivity contribution in [3.8, 4) is 5.75 Å². The number of nitrogens with zero attached hydrogens (tertiary/aromatic N) is 2. The van der Waals surface area contributed by atoms with Gasteiger partial charge in [0.25, 0.3) is 0 Å². The van der Waals surface area contributed by atoms with Crippen molar-refractivity contribution < 1.29 is 22.7 Å². The van der Waals surface area contributed by atoms with E-state index in [4.69, 9.17) is 16.3 Å². The Balaban J connectivity index is 1.88. The van der Waals surface area contributed by atoms with Crippen molar-refractivity contribution in [1.82, 2.24) is 10.2 Å². The Hall–Kier alpha value is -3.56. The second-order valence-corrected chi connectivity index (χ2v) is 12.1. The molecule has 220 valence electrons. The molecule has 0 saturated carbocycles. The van der Waals surface area contributed by atoms with Crippen LogP contribution >= 0.6 is 11.6 Å². The van der Waals surface area contributed by atoms with Gasteiger partial charge >= 0.3 is 0 Å². The second kappa shape index (κ2) is 15.4. The Morgan fingerprint density at radius 1 is 1.00 bits per heavy atom. The topological polar surface area (TPSA) is 96.0 Å². The number of carbonyl (C=O) groups excluding carboxylic acids is 2. The summed E-state index contributed by atoms with van der Waals surface area (Å²) >= 11 is 6.47. The van der Waals surface area contributed by atoms with Crippen LogP contribution in [0.25, 0.3) is 0 Å². The molecule has 3 aromatic rings. The molecular formula is C31H38ClN3O5S. The molecule has 0 radical (unpaired) electrons. The van der Waals surface area contributed by atoms with Gasteiger partial charge in [-0.25, -0.2) is 8.42 Å². The van der Waals surface area contributed by atoms with Gasteiger partial charge in [-0.2, -0.15) is 0 Å². The number of rotatable bonds is 15. The second-order valence-electron chi connectivity index (χ2n) is 9.75. The van der Waals surface area contributed by atoms with Gasteiger partial charge in [0.15, 0.2) is 0 Å². The standard InChI is InChI=1S/C31H38ClN3O5S/c1-4-19-33-31(37)29(21-24-12-6-5-7-13-24)34(23-25-14-8-9-17-28(25)32)30(36)18-11-20-35(41(3,38)39)26-15-10-16-27(22-26)40-2/h5-10,12-17,22,29H,4,11,18-21,23H2,1-3H3,(H,33,37)/t29-/m0/s1. The molecule has 10 heteroatoms. The summed E-state index contributed by atoms with van der Waals surface area (Å²) in [4.78, 5) is 28.9. The number of carbonyl (C=O) groups is 2. The number of ether oxygens (including phenoxy) is 1. The number of sulfonamides is 1. The van der Waals surface area contributed by atoms with E-state index in [1.807, 2.05) is 55.5 Å². The van der Waals surface area contributed by atoms with E-state index in [9.17, 15) is 18.0 Å². The Bertz CT molecular complexity index is 1400. The van der Waals surface area contributed by atoms with Crippen molar-refractivity contribution in [3.63, 3.8) is 0 Å². The van der Waals surface area contributed by atoms with Crippen LogP contribution < -0.4 is 14.4 Å². The van der Waals surface area contributed by atoms with E-state index in [-0.39, 0.29) is 37.7 Å². The molecule has 1 N–H and O–H groups in total. The Kier molecular flexibility index (Phi) is 12.0. The van der Waals surface area contributed by atoms with E-state index < -0.39 is 16.1 Å². The molecule has 3 rings (SSSR count). The smallest absolute Gasteiger partial charge is 0.243 e. The molecule has 0 spiro atoms. The van der Waals surface area contributed by atoms with Gasteiger partial charge in [0.2, 0.25) is 21.8 Å². The first-order valence-corrected chi connectivity index (χ1v) is 15.8. The van der Waals surface area contributed by atoms with Crippen LogP contribution in [0.4, 0.5) is 5.69 Å². The van der Waals surface area contributed by atoms with Crippen LogP contribution in [0.3, 0.4) is 0 Å². The number of hydrogen-bond acceptors (Lipinski definition) is 5. The number of methoxy groups -OCH3 is 1. The average Bonchev–Trinajstić information content (AvgIpc) is 2.96. The highest BCUT2D eigenvalue weighted by Crippen LogP contribution is 2.25. The molecule has 0 saturated heterocycles. The monoisotopic (exact) mass is 599 g/mol. The fraction of sp³-hybridized carbons (Fsp3) is 0.355. The van der Waals surface area contributed by atoms with E-state index >= 15 is 0 Å². The summed E-state index contributed by atoms with van der Waals surface area (Å²) < 4.78 is 31.8. The molecule has 8 nitrogen and oxygen atoms in total. The van der Waals surface area contributed by atoms with Crippen LogP contribution in [-0.4, -0.2) is 57.6 Å². The van der Waals surface area contributed by atoms with E-state index in [2.05, 4.69) is 5.32 Å².